The molecular formula is C12H11NO3. The Morgan fingerprint density at radius 3 is 2.50 bits per heavy atom. The number of benzene rings is 1. The number of carbonyl (C=O) groups is 1. The lowest BCUT2D eigenvalue weighted by molar-refractivity contribution is 0.103. The third-order valence-corrected chi connectivity index (χ3v) is 2.35. The van der Waals surface area contributed by atoms with E-state index in [9.17, 15) is 4.79 Å². The number of hydrogen-bond donors (Lipinski definition) is 0. The molecule has 0 saturated heterocycles. The summed E-state index contributed by atoms with van der Waals surface area (Å²) in [5, 5.41) is 3.58. The molecule has 0 fully saturated rings. The number of ether oxygens (including phenoxy) is 1. The first-order valence-corrected chi connectivity index (χ1v) is 4.82. The van der Waals surface area contributed by atoms with Crippen molar-refractivity contribution in [3.8, 4) is 5.75 Å². The van der Waals surface area contributed by atoms with E-state index in [1.54, 1.807) is 38.3 Å². The molecule has 4 heteroatoms. The molecule has 2 aromatic rings. The molecule has 0 radical (unpaired) electrons. The van der Waals surface area contributed by atoms with Crippen LogP contribution in [0.5, 0.6) is 5.75 Å². The zero-order valence-corrected chi connectivity index (χ0v) is 9.06. The van der Waals surface area contributed by atoms with Crippen molar-refractivity contribution in [1.82, 2.24) is 5.16 Å². The van der Waals surface area contributed by atoms with Gasteiger partial charge in [-0.25, -0.2) is 0 Å². The molecule has 1 aromatic carbocycles. The first-order valence-electron chi connectivity index (χ1n) is 4.82. The van der Waals surface area contributed by atoms with E-state index in [-0.39, 0.29) is 5.78 Å². The van der Waals surface area contributed by atoms with Crippen LogP contribution in [0, 0.1) is 6.92 Å². The van der Waals surface area contributed by atoms with E-state index in [0.717, 1.165) is 5.75 Å². The third kappa shape index (κ3) is 1.82. The van der Waals surface area contributed by atoms with Crippen molar-refractivity contribution in [2.45, 2.75) is 6.92 Å². The number of ketones is 1. The number of methoxy groups -OCH3 is 1. The minimum atomic E-state index is -0.0959. The highest BCUT2D eigenvalue weighted by atomic mass is 16.5. The van der Waals surface area contributed by atoms with Gasteiger partial charge >= 0.3 is 0 Å². The van der Waals surface area contributed by atoms with Crippen LogP contribution in [0.15, 0.2) is 35.0 Å². The molecule has 1 heterocycles. The summed E-state index contributed by atoms with van der Waals surface area (Å²) >= 11 is 0. The number of carbonyl (C=O) groups excluding carboxylic acids is 1. The fourth-order valence-electron chi connectivity index (χ4n) is 1.41. The van der Waals surface area contributed by atoms with Crippen molar-refractivity contribution in [1.29, 1.82) is 0 Å². The van der Waals surface area contributed by atoms with Gasteiger partial charge < -0.3 is 9.26 Å². The average molecular weight is 217 g/mol. The molecular weight excluding hydrogens is 206 g/mol. The second-order valence-electron chi connectivity index (χ2n) is 3.35. The lowest BCUT2D eigenvalue weighted by Gasteiger charge is -2.01. The topological polar surface area (TPSA) is 52.3 Å². The van der Waals surface area contributed by atoms with E-state index < -0.39 is 0 Å². The molecule has 1 aromatic heterocycles. The highest BCUT2D eigenvalue weighted by Gasteiger charge is 2.14. The summed E-state index contributed by atoms with van der Waals surface area (Å²) in [5.74, 6) is 1.15. The standard InChI is InChI=1S/C12H11NO3/c1-8-11(7-13-16-8)12(14)9-3-5-10(15-2)6-4-9/h3-7H,1-2H3. The van der Waals surface area contributed by atoms with Crippen LogP contribution in [-0.2, 0) is 0 Å². The van der Waals surface area contributed by atoms with Gasteiger partial charge in [0.2, 0.25) is 0 Å². The van der Waals surface area contributed by atoms with E-state index >= 15 is 0 Å². The molecule has 0 N–H and O–H groups in total. The van der Waals surface area contributed by atoms with Gasteiger partial charge in [0.1, 0.15) is 11.5 Å². The molecule has 0 amide bonds. The predicted octanol–water partition coefficient (Wildman–Crippen LogP) is 2.22. The van der Waals surface area contributed by atoms with Crippen LogP contribution >= 0.6 is 0 Å². The molecule has 0 aliphatic rings. The van der Waals surface area contributed by atoms with E-state index in [1.807, 2.05) is 0 Å². The summed E-state index contributed by atoms with van der Waals surface area (Å²) in [6.45, 7) is 1.71. The number of hydrogen-bond acceptors (Lipinski definition) is 4. The highest BCUT2D eigenvalue weighted by Crippen LogP contribution is 2.16. The van der Waals surface area contributed by atoms with Crippen molar-refractivity contribution in [2.75, 3.05) is 7.11 Å². The SMILES string of the molecule is COc1ccc(C(=O)c2cnoc2C)cc1. The molecule has 0 unspecified atom stereocenters. The van der Waals surface area contributed by atoms with Crippen molar-refractivity contribution in [2.24, 2.45) is 0 Å². The smallest absolute Gasteiger partial charge is 0.198 e. The summed E-state index contributed by atoms with van der Waals surface area (Å²) in [7, 11) is 1.58. The molecule has 0 aliphatic carbocycles. The highest BCUT2D eigenvalue weighted by molar-refractivity contribution is 6.09. The van der Waals surface area contributed by atoms with Crippen molar-refractivity contribution < 1.29 is 14.1 Å². The van der Waals surface area contributed by atoms with E-state index in [2.05, 4.69) is 5.16 Å². The van der Waals surface area contributed by atoms with Crippen molar-refractivity contribution in [3.05, 3.63) is 47.3 Å². The maximum atomic E-state index is 12.0. The predicted molar refractivity (Wildman–Crippen MR) is 57.7 cm³/mol. The molecule has 0 aliphatic heterocycles. The van der Waals surface area contributed by atoms with Gasteiger partial charge in [0.25, 0.3) is 0 Å². The fraction of sp³-hybridized carbons (Fsp3) is 0.167. The zero-order valence-electron chi connectivity index (χ0n) is 9.06. The summed E-state index contributed by atoms with van der Waals surface area (Å²) in [5.41, 5.74) is 1.08. The Kier molecular flexibility index (Phi) is 2.72. The summed E-state index contributed by atoms with van der Waals surface area (Å²) in [6.07, 6.45) is 1.43. The Bertz CT molecular complexity index is 499. The summed E-state index contributed by atoms with van der Waals surface area (Å²) in [6, 6.07) is 6.92. The lowest BCUT2D eigenvalue weighted by atomic mass is 10.0. The van der Waals surface area contributed by atoms with Crippen LogP contribution in [0.4, 0.5) is 0 Å². The number of nitrogens with zero attached hydrogens (tertiary/aromatic N) is 1. The second kappa shape index (κ2) is 4.18. The minimum absolute atomic E-state index is 0.0959. The van der Waals surface area contributed by atoms with Gasteiger partial charge in [0.05, 0.1) is 18.9 Å². The van der Waals surface area contributed by atoms with Gasteiger partial charge in [-0.15, -0.1) is 0 Å². The first-order chi connectivity index (χ1) is 7.72. The van der Waals surface area contributed by atoms with Crippen LogP contribution in [0.1, 0.15) is 21.7 Å². The maximum absolute atomic E-state index is 12.0. The van der Waals surface area contributed by atoms with Crippen LogP contribution in [0.2, 0.25) is 0 Å². The zero-order chi connectivity index (χ0) is 11.5. The Morgan fingerprint density at radius 2 is 2.00 bits per heavy atom. The molecule has 0 saturated carbocycles. The maximum Gasteiger partial charge on any atom is 0.198 e. The minimum Gasteiger partial charge on any atom is -0.497 e. The molecule has 0 spiro atoms. The largest absolute Gasteiger partial charge is 0.497 e. The Hall–Kier alpha value is -2.10. The van der Waals surface area contributed by atoms with Crippen LogP contribution < -0.4 is 4.74 Å². The van der Waals surface area contributed by atoms with E-state index in [0.29, 0.717) is 16.9 Å². The van der Waals surface area contributed by atoms with Gasteiger partial charge in [-0.1, -0.05) is 5.16 Å². The van der Waals surface area contributed by atoms with Crippen LogP contribution in [0.3, 0.4) is 0 Å². The Balaban J connectivity index is 2.31. The van der Waals surface area contributed by atoms with Crippen molar-refractivity contribution in [3.63, 3.8) is 0 Å². The Labute approximate surface area is 92.8 Å². The summed E-state index contributed by atoms with van der Waals surface area (Å²) < 4.78 is 9.88. The Morgan fingerprint density at radius 1 is 1.31 bits per heavy atom. The van der Waals surface area contributed by atoms with E-state index in [4.69, 9.17) is 9.26 Å². The molecule has 4 nitrogen and oxygen atoms in total. The fourth-order valence-corrected chi connectivity index (χ4v) is 1.41. The molecule has 82 valence electrons. The molecule has 0 atom stereocenters. The number of aromatic nitrogens is 1. The number of aryl methyl sites for hydroxylation is 1. The number of rotatable bonds is 3. The average Bonchev–Trinajstić information content (AvgIpc) is 2.75. The monoisotopic (exact) mass is 217 g/mol. The van der Waals surface area contributed by atoms with Gasteiger partial charge in [-0.05, 0) is 31.2 Å². The van der Waals surface area contributed by atoms with Gasteiger partial charge in [-0.2, -0.15) is 0 Å². The second-order valence-corrected chi connectivity index (χ2v) is 3.35. The van der Waals surface area contributed by atoms with Gasteiger partial charge in [0, 0.05) is 5.56 Å². The third-order valence-electron chi connectivity index (χ3n) is 2.35. The van der Waals surface area contributed by atoms with Gasteiger partial charge in [0.15, 0.2) is 5.78 Å². The lowest BCUT2D eigenvalue weighted by Crippen LogP contribution is -2.01. The summed E-state index contributed by atoms with van der Waals surface area (Å²) in [4.78, 5) is 12.0. The molecule has 0 bridgehead atoms. The molecule has 2 rings (SSSR count). The first kappa shape index (κ1) is 10.4. The normalized spacial score (nSPS) is 10.1. The van der Waals surface area contributed by atoms with Crippen molar-refractivity contribution >= 4 is 5.78 Å². The quantitative estimate of drug-likeness (QED) is 0.740. The van der Waals surface area contributed by atoms with Gasteiger partial charge in [-0.3, -0.25) is 4.79 Å². The van der Waals surface area contributed by atoms with Crippen LogP contribution in [-0.4, -0.2) is 18.0 Å². The van der Waals surface area contributed by atoms with Crippen LogP contribution in [0.25, 0.3) is 0 Å². The van der Waals surface area contributed by atoms with E-state index in [1.165, 1.54) is 6.20 Å². The molecule has 16 heavy (non-hydrogen) atoms.